The first-order valence-corrected chi connectivity index (χ1v) is 13.1. The number of anilines is 1. The minimum absolute atomic E-state index is 0.0438. The van der Waals surface area contributed by atoms with E-state index < -0.39 is 11.5 Å². The molecule has 6 rings (SSSR count). The average Bonchev–Trinajstić information content (AvgIpc) is 3.23. The molecule has 3 aromatic heterocycles. The standard InChI is InChI=1S/C30H26N6O4/c31-15-22-6-5-21(17-33-22)27-23-4-2-1-3-20(23)16-34-25(27)19-36-26-18-32-10-7-24(26)30(28(36)38)8-11-35(12-9-30)29(39)40-14-13-37/h1-7,10,16-18,37H,8-9,11-14,19H2. The van der Waals surface area contributed by atoms with E-state index in [1.54, 1.807) is 34.5 Å². The summed E-state index contributed by atoms with van der Waals surface area (Å²) in [5.41, 5.74) is 3.55. The fraction of sp³-hybridized carbons (Fsp3) is 0.267. The second kappa shape index (κ2) is 10.4. The quantitative estimate of drug-likeness (QED) is 0.411. The fourth-order valence-corrected chi connectivity index (χ4v) is 5.83. The SMILES string of the molecule is N#Cc1ccc(-c2c(CN3C(=O)C4(CCN(C(=O)OCCO)CC4)c4ccncc43)ncc3ccccc23)cn1. The number of amides is 2. The molecule has 2 amide bonds. The van der Waals surface area contributed by atoms with Gasteiger partial charge in [-0.1, -0.05) is 24.3 Å². The molecule has 200 valence electrons. The van der Waals surface area contributed by atoms with Gasteiger partial charge in [-0.05, 0) is 42.0 Å². The Morgan fingerprint density at radius 3 is 2.65 bits per heavy atom. The van der Waals surface area contributed by atoms with Crippen molar-refractivity contribution in [3.8, 4) is 17.2 Å². The number of aliphatic hydroxyl groups excluding tert-OH is 1. The lowest BCUT2D eigenvalue weighted by Gasteiger charge is -2.38. The van der Waals surface area contributed by atoms with Crippen molar-refractivity contribution in [2.24, 2.45) is 0 Å². The van der Waals surface area contributed by atoms with E-state index in [1.807, 2.05) is 42.6 Å². The lowest BCUT2D eigenvalue weighted by molar-refractivity contribution is -0.125. The summed E-state index contributed by atoms with van der Waals surface area (Å²) in [6.45, 7) is 0.657. The summed E-state index contributed by atoms with van der Waals surface area (Å²) in [5.74, 6) is -0.0438. The van der Waals surface area contributed by atoms with Crippen LogP contribution in [-0.2, 0) is 21.5 Å². The number of benzene rings is 1. The van der Waals surface area contributed by atoms with Crippen molar-refractivity contribution in [1.82, 2.24) is 19.9 Å². The van der Waals surface area contributed by atoms with Crippen molar-refractivity contribution >= 4 is 28.5 Å². The highest BCUT2D eigenvalue weighted by molar-refractivity contribution is 6.08. The van der Waals surface area contributed by atoms with E-state index in [4.69, 9.17) is 14.8 Å². The second-order valence-corrected chi connectivity index (χ2v) is 9.90. The molecule has 40 heavy (non-hydrogen) atoms. The zero-order chi connectivity index (χ0) is 27.7. The van der Waals surface area contributed by atoms with E-state index in [9.17, 15) is 14.9 Å². The molecule has 0 unspecified atom stereocenters. The number of pyridine rings is 3. The number of nitriles is 1. The molecule has 0 bridgehead atoms. The number of rotatable bonds is 5. The van der Waals surface area contributed by atoms with Gasteiger partial charge >= 0.3 is 6.09 Å². The molecule has 0 radical (unpaired) electrons. The first kappa shape index (κ1) is 25.4. The van der Waals surface area contributed by atoms with Crippen molar-refractivity contribution in [1.29, 1.82) is 5.26 Å². The van der Waals surface area contributed by atoms with Gasteiger partial charge < -0.3 is 19.6 Å². The predicted molar refractivity (Wildman–Crippen MR) is 146 cm³/mol. The smallest absolute Gasteiger partial charge is 0.409 e. The molecule has 1 spiro atoms. The van der Waals surface area contributed by atoms with Crippen LogP contribution >= 0.6 is 0 Å². The fourth-order valence-electron chi connectivity index (χ4n) is 5.83. The normalized spacial score (nSPS) is 15.8. The van der Waals surface area contributed by atoms with Crippen LogP contribution in [0.3, 0.4) is 0 Å². The number of ether oxygens (including phenoxy) is 1. The van der Waals surface area contributed by atoms with Crippen molar-refractivity contribution in [2.75, 3.05) is 31.2 Å². The zero-order valence-electron chi connectivity index (χ0n) is 21.7. The van der Waals surface area contributed by atoms with E-state index in [2.05, 4.69) is 16.0 Å². The molecule has 0 atom stereocenters. The average molecular weight is 535 g/mol. The minimum atomic E-state index is -0.779. The van der Waals surface area contributed by atoms with Gasteiger partial charge in [-0.3, -0.25) is 14.8 Å². The van der Waals surface area contributed by atoms with Crippen molar-refractivity contribution in [3.63, 3.8) is 0 Å². The molecule has 1 aromatic carbocycles. The molecule has 2 aliphatic rings. The Morgan fingerprint density at radius 1 is 1.07 bits per heavy atom. The molecule has 10 nitrogen and oxygen atoms in total. The van der Waals surface area contributed by atoms with Crippen LogP contribution in [0.4, 0.5) is 10.5 Å². The number of aromatic nitrogens is 3. The number of likely N-dealkylation sites (tertiary alicyclic amines) is 1. The number of piperidine rings is 1. The van der Waals surface area contributed by atoms with Crippen LogP contribution in [0.2, 0.25) is 0 Å². The van der Waals surface area contributed by atoms with Crippen LogP contribution < -0.4 is 4.90 Å². The first-order valence-electron chi connectivity index (χ1n) is 13.1. The van der Waals surface area contributed by atoms with Gasteiger partial charge in [-0.15, -0.1) is 0 Å². The van der Waals surface area contributed by atoms with Crippen LogP contribution in [-0.4, -0.2) is 63.3 Å². The largest absolute Gasteiger partial charge is 0.447 e. The highest BCUT2D eigenvalue weighted by atomic mass is 16.6. The molecule has 2 aliphatic heterocycles. The van der Waals surface area contributed by atoms with Gasteiger partial charge in [-0.25, -0.2) is 9.78 Å². The second-order valence-electron chi connectivity index (χ2n) is 9.90. The van der Waals surface area contributed by atoms with E-state index >= 15 is 0 Å². The Balaban J connectivity index is 1.37. The van der Waals surface area contributed by atoms with Crippen LogP contribution in [0.15, 0.2) is 67.3 Å². The summed E-state index contributed by atoms with van der Waals surface area (Å²) in [6, 6.07) is 15.4. The number of carbonyl (C=O) groups excluding carboxylic acids is 2. The van der Waals surface area contributed by atoms with Crippen LogP contribution in [0.5, 0.6) is 0 Å². The predicted octanol–water partition coefficient (Wildman–Crippen LogP) is 3.57. The summed E-state index contributed by atoms with van der Waals surface area (Å²) in [5, 5.41) is 20.1. The Labute approximate surface area is 230 Å². The summed E-state index contributed by atoms with van der Waals surface area (Å²) in [4.78, 5) is 43.3. The summed E-state index contributed by atoms with van der Waals surface area (Å²) >= 11 is 0. The molecule has 1 fully saturated rings. The molecule has 1 N–H and O–H groups in total. The molecule has 5 heterocycles. The Hall–Kier alpha value is -4.88. The number of fused-ring (bicyclic) bond motifs is 3. The van der Waals surface area contributed by atoms with Gasteiger partial charge in [-0.2, -0.15) is 5.26 Å². The van der Waals surface area contributed by atoms with Crippen molar-refractivity contribution in [2.45, 2.75) is 24.8 Å². The van der Waals surface area contributed by atoms with E-state index in [0.717, 1.165) is 33.2 Å². The van der Waals surface area contributed by atoms with E-state index in [0.29, 0.717) is 37.3 Å². The lowest BCUT2D eigenvalue weighted by Crippen LogP contribution is -2.50. The number of nitrogens with zero attached hydrogens (tertiary/aromatic N) is 6. The number of hydrogen-bond acceptors (Lipinski definition) is 8. The Morgan fingerprint density at radius 2 is 1.90 bits per heavy atom. The van der Waals surface area contributed by atoms with Gasteiger partial charge in [0.2, 0.25) is 5.91 Å². The summed E-state index contributed by atoms with van der Waals surface area (Å²) in [6.07, 6.45) is 7.30. The third kappa shape index (κ3) is 4.21. The van der Waals surface area contributed by atoms with E-state index in [-0.39, 0.29) is 25.7 Å². The monoisotopic (exact) mass is 534 g/mol. The molecule has 0 aliphatic carbocycles. The van der Waals surface area contributed by atoms with Gasteiger partial charge in [0.15, 0.2) is 0 Å². The summed E-state index contributed by atoms with van der Waals surface area (Å²) in [7, 11) is 0. The Bertz CT molecular complexity index is 1640. The maximum Gasteiger partial charge on any atom is 0.409 e. The van der Waals surface area contributed by atoms with Crippen LogP contribution in [0.25, 0.3) is 21.9 Å². The number of hydrogen-bond donors (Lipinski definition) is 1. The molecule has 1 saturated heterocycles. The van der Waals surface area contributed by atoms with E-state index in [1.165, 1.54) is 0 Å². The molecule has 0 saturated carbocycles. The molecule has 10 heteroatoms. The first-order chi connectivity index (χ1) is 19.6. The number of aliphatic hydroxyl groups is 1. The highest BCUT2D eigenvalue weighted by Crippen LogP contribution is 2.48. The lowest BCUT2D eigenvalue weighted by atomic mass is 9.74. The topological polar surface area (TPSA) is 133 Å². The van der Waals surface area contributed by atoms with Crippen molar-refractivity contribution in [3.05, 3.63) is 84.2 Å². The van der Waals surface area contributed by atoms with Gasteiger partial charge in [0.1, 0.15) is 18.4 Å². The molecule has 4 aromatic rings. The Kier molecular flexibility index (Phi) is 6.58. The molecular weight excluding hydrogens is 508 g/mol. The van der Waals surface area contributed by atoms with Gasteiger partial charge in [0, 0.05) is 48.2 Å². The third-order valence-corrected chi connectivity index (χ3v) is 7.81. The minimum Gasteiger partial charge on any atom is -0.447 e. The number of carbonyl (C=O) groups is 2. The highest BCUT2D eigenvalue weighted by Gasteiger charge is 2.52. The third-order valence-electron chi connectivity index (χ3n) is 7.81. The van der Waals surface area contributed by atoms with Crippen LogP contribution in [0.1, 0.15) is 29.8 Å². The molecular formula is C30H26N6O4. The zero-order valence-corrected chi connectivity index (χ0v) is 21.7. The maximum atomic E-state index is 14.2. The van der Waals surface area contributed by atoms with Gasteiger partial charge in [0.25, 0.3) is 0 Å². The van der Waals surface area contributed by atoms with Crippen LogP contribution in [0, 0.1) is 11.3 Å². The van der Waals surface area contributed by atoms with Gasteiger partial charge in [0.05, 0.1) is 36.1 Å². The van der Waals surface area contributed by atoms with Crippen molar-refractivity contribution < 1.29 is 19.4 Å². The maximum absolute atomic E-state index is 14.2. The summed E-state index contributed by atoms with van der Waals surface area (Å²) < 4.78 is 5.08.